The zero-order valence-corrected chi connectivity index (χ0v) is 10.9. The monoisotopic (exact) mass is 228 g/mol. The van der Waals surface area contributed by atoms with E-state index >= 15 is 0 Å². The maximum atomic E-state index is 9.07. The lowest BCUT2D eigenvalue weighted by molar-refractivity contribution is 0.503. The molecule has 0 aliphatic carbocycles. The van der Waals surface area contributed by atoms with Gasteiger partial charge in [0.15, 0.2) is 0 Å². The average molecular weight is 228 g/mol. The lowest BCUT2D eigenvalue weighted by atomic mass is 9.97. The van der Waals surface area contributed by atoms with Crippen molar-refractivity contribution in [2.45, 2.75) is 39.2 Å². The first kappa shape index (κ1) is 12.0. The van der Waals surface area contributed by atoms with Crippen molar-refractivity contribution in [1.82, 2.24) is 0 Å². The number of rotatable bonds is 2. The molecule has 90 valence electrons. The van der Waals surface area contributed by atoms with Crippen LogP contribution in [0.4, 0.5) is 5.69 Å². The molecule has 0 saturated carbocycles. The van der Waals surface area contributed by atoms with Crippen LogP contribution in [0.15, 0.2) is 24.3 Å². The van der Waals surface area contributed by atoms with Crippen molar-refractivity contribution >= 4 is 5.69 Å². The summed E-state index contributed by atoms with van der Waals surface area (Å²) in [6.07, 6.45) is 2.03. The molecule has 0 amide bonds. The fourth-order valence-electron chi connectivity index (χ4n) is 2.70. The Balaban J connectivity index is 2.24. The Labute approximate surface area is 104 Å². The topological polar surface area (TPSA) is 27.0 Å². The minimum absolute atomic E-state index is 0.0914. The third-order valence-electron chi connectivity index (χ3n) is 3.72. The number of benzene rings is 1. The van der Waals surface area contributed by atoms with Crippen LogP contribution in [-0.4, -0.2) is 12.1 Å². The van der Waals surface area contributed by atoms with Crippen LogP contribution < -0.4 is 4.90 Å². The van der Waals surface area contributed by atoms with Gasteiger partial charge in [-0.05, 0) is 44.4 Å². The lowest BCUT2D eigenvalue weighted by Gasteiger charge is -2.33. The highest BCUT2D eigenvalue weighted by Crippen LogP contribution is 2.36. The van der Waals surface area contributed by atoms with Gasteiger partial charge in [0.25, 0.3) is 0 Å². The molecule has 1 atom stereocenters. The van der Waals surface area contributed by atoms with Gasteiger partial charge in [0.1, 0.15) is 0 Å². The van der Waals surface area contributed by atoms with Crippen LogP contribution in [0.5, 0.6) is 0 Å². The number of hydrogen-bond acceptors (Lipinski definition) is 2. The molecule has 1 fully saturated rings. The molecule has 1 saturated heterocycles. The van der Waals surface area contributed by atoms with Crippen molar-refractivity contribution in [2.75, 3.05) is 11.4 Å². The standard InChI is InChI=1S/C15H20N2/c1-4-12-5-7-14(8-6-12)17-11-13(10-16)9-15(17,2)3/h5-8,13H,4,9,11H2,1-3H3. The van der Waals surface area contributed by atoms with Gasteiger partial charge in [-0.3, -0.25) is 0 Å². The Kier molecular flexibility index (Phi) is 3.11. The summed E-state index contributed by atoms with van der Waals surface area (Å²) in [5, 5.41) is 9.07. The second-order valence-electron chi connectivity index (χ2n) is 5.47. The highest BCUT2D eigenvalue weighted by molar-refractivity contribution is 5.51. The van der Waals surface area contributed by atoms with E-state index in [0.29, 0.717) is 0 Å². The van der Waals surface area contributed by atoms with Gasteiger partial charge in [-0.25, -0.2) is 0 Å². The second kappa shape index (κ2) is 4.41. The van der Waals surface area contributed by atoms with E-state index in [1.807, 2.05) is 0 Å². The molecule has 1 aromatic carbocycles. The van der Waals surface area contributed by atoms with E-state index in [1.54, 1.807) is 0 Å². The number of aryl methyl sites for hydroxylation is 1. The predicted molar refractivity (Wildman–Crippen MR) is 71.0 cm³/mol. The summed E-state index contributed by atoms with van der Waals surface area (Å²) in [6.45, 7) is 7.46. The number of nitriles is 1. The van der Waals surface area contributed by atoms with Crippen LogP contribution in [-0.2, 0) is 6.42 Å². The molecular weight excluding hydrogens is 208 g/mol. The van der Waals surface area contributed by atoms with Gasteiger partial charge in [0.2, 0.25) is 0 Å². The molecule has 1 aliphatic heterocycles. The van der Waals surface area contributed by atoms with Gasteiger partial charge in [-0.15, -0.1) is 0 Å². The molecule has 1 heterocycles. The van der Waals surface area contributed by atoms with E-state index in [-0.39, 0.29) is 11.5 Å². The summed E-state index contributed by atoms with van der Waals surface area (Å²) < 4.78 is 0. The number of anilines is 1. The van der Waals surface area contributed by atoms with Crippen LogP contribution in [0.1, 0.15) is 32.8 Å². The smallest absolute Gasteiger partial charge is 0.0675 e. The van der Waals surface area contributed by atoms with E-state index in [9.17, 15) is 0 Å². The zero-order valence-electron chi connectivity index (χ0n) is 10.9. The van der Waals surface area contributed by atoms with Crippen LogP contribution in [0.2, 0.25) is 0 Å². The molecule has 2 rings (SSSR count). The van der Waals surface area contributed by atoms with Gasteiger partial charge in [0.05, 0.1) is 12.0 Å². The van der Waals surface area contributed by atoms with E-state index in [0.717, 1.165) is 19.4 Å². The fourth-order valence-corrected chi connectivity index (χ4v) is 2.70. The summed E-state index contributed by atoms with van der Waals surface area (Å²) in [5.41, 5.74) is 2.70. The largest absolute Gasteiger partial charge is 0.365 e. The summed E-state index contributed by atoms with van der Waals surface area (Å²) in [4.78, 5) is 2.36. The summed E-state index contributed by atoms with van der Waals surface area (Å²) in [7, 11) is 0. The SMILES string of the molecule is CCc1ccc(N2CC(C#N)CC2(C)C)cc1. The first-order chi connectivity index (χ1) is 8.06. The molecule has 0 radical (unpaired) electrons. The Bertz CT molecular complexity index is 425. The number of nitrogens with zero attached hydrogens (tertiary/aromatic N) is 2. The van der Waals surface area contributed by atoms with Crippen molar-refractivity contribution in [1.29, 1.82) is 5.26 Å². The summed E-state index contributed by atoms with van der Waals surface area (Å²) >= 11 is 0. The summed E-state index contributed by atoms with van der Waals surface area (Å²) in [6, 6.07) is 11.1. The van der Waals surface area contributed by atoms with E-state index in [4.69, 9.17) is 5.26 Å². The van der Waals surface area contributed by atoms with Gasteiger partial charge >= 0.3 is 0 Å². The van der Waals surface area contributed by atoms with E-state index < -0.39 is 0 Å². The normalized spacial score (nSPS) is 22.5. The van der Waals surface area contributed by atoms with Gasteiger partial charge in [0, 0.05) is 17.8 Å². The molecule has 17 heavy (non-hydrogen) atoms. The lowest BCUT2D eigenvalue weighted by Crippen LogP contribution is -2.38. The Morgan fingerprint density at radius 2 is 2.00 bits per heavy atom. The maximum Gasteiger partial charge on any atom is 0.0675 e. The fraction of sp³-hybridized carbons (Fsp3) is 0.533. The molecule has 0 bridgehead atoms. The Morgan fingerprint density at radius 3 is 2.47 bits per heavy atom. The van der Waals surface area contributed by atoms with Crippen molar-refractivity contribution in [2.24, 2.45) is 5.92 Å². The molecule has 0 N–H and O–H groups in total. The Morgan fingerprint density at radius 1 is 1.35 bits per heavy atom. The average Bonchev–Trinajstić information content (AvgIpc) is 2.64. The Hall–Kier alpha value is -1.49. The minimum Gasteiger partial charge on any atom is -0.365 e. The van der Waals surface area contributed by atoms with Crippen molar-refractivity contribution in [3.8, 4) is 6.07 Å². The molecule has 2 heteroatoms. The van der Waals surface area contributed by atoms with Crippen molar-refractivity contribution in [3.63, 3.8) is 0 Å². The van der Waals surface area contributed by atoms with Crippen LogP contribution in [0, 0.1) is 17.2 Å². The second-order valence-corrected chi connectivity index (χ2v) is 5.47. The maximum absolute atomic E-state index is 9.07. The third-order valence-corrected chi connectivity index (χ3v) is 3.72. The third kappa shape index (κ3) is 2.29. The number of hydrogen-bond donors (Lipinski definition) is 0. The summed E-state index contributed by atoms with van der Waals surface area (Å²) in [5.74, 6) is 0.163. The molecule has 1 aliphatic rings. The highest BCUT2D eigenvalue weighted by Gasteiger charge is 2.38. The zero-order chi connectivity index (χ0) is 12.5. The molecule has 1 unspecified atom stereocenters. The van der Waals surface area contributed by atoms with Gasteiger partial charge < -0.3 is 4.90 Å². The molecular formula is C15H20N2. The van der Waals surface area contributed by atoms with Crippen molar-refractivity contribution < 1.29 is 0 Å². The van der Waals surface area contributed by atoms with Crippen LogP contribution >= 0.6 is 0 Å². The van der Waals surface area contributed by atoms with Gasteiger partial charge in [-0.2, -0.15) is 5.26 Å². The first-order valence-corrected chi connectivity index (χ1v) is 6.33. The highest BCUT2D eigenvalue weighted by atomic mass is 15.2. The van der Waals surface area contributed by atoms with Crippen LogP contribution in [0.3, 0.4) is 0 Å². The molecule has 0 aromatic heterocycles. The van der Waals surface area contributed by atoms with E-state index in [2.05, 4.69) is 56.0 Å². The first-order valence-electron chi connectivity index (χ1n) is 6.33. The molecule has 0 spiro atoms. The van der Waals surface area contributed by atoms with Gasteiger partial charge in [-0.1, -0.05) is 19.1 Å². The van der Waals surface area contributed by atoms with E-state index in [1.165, 1.54) is 11.3 Å². The van der Waals surface area contributed by atoms with Crippen LogP contribution in [0.25, 0.3) is 0 Å². The molecule has 1 aromatic rings. The quantitative estimate of drug-likeness (QED) is 0.776. The predicted octanol–water partition coefficient (Wildman–Crippen LogP) is 3.38. The molecule has 2 nitrogen and oxygen atoms in total. The minimum atomic E-state index is 0.0914. The van der Waals surface area contributed by atoms with Crippen molar-refractivity contribution in [3.05, 3.63) is 29.8 Å².